The Morgan fingerprint density at radius 3 is 1.96 bits per heavy atom. The van der Waals surface area contributed by atoms with Gasteiger partial charge in [0.15, 0.2) is 6.29 Å². The van der Waals surface area contributed by atoms with Crippen molar-refractivity contribution in [3.63, 3.8) is 0 Å². The van der Waals surface area contributed by atoms with Gasteiger partial charge in [0.2, 0.25) is 6.29 Å². The summed E-state index contributed by atoms with van der Waals surface area (Å²) in [5.74, 6) is 0.702. The average molecular weight is 751 g/mol. The number of hydrogen-bond donors (Lipinski definition) is 0. The number of ether oxygens (including phenoxy) is 5. The van der Waals surface area contributed by atoms with E-state index in [1.165, 1.54) is 57.6 Å². The number of fused-ring (bicyclic) bond motifs is 2. The van der Waals surface area contributed by atoms with Crippen LogP contribution in [0.3, 0.4) is 0 Å². The van der Waals surface area contributed by atoms with Crippen LogP contribution >= 0.6 is 0 Å². The molecule has 11 atom stereocenters. The molecular formula is C46H70O8. The van der Waals surface area contributed by atoms with Crippen molar-refractivity contribution in [3.8, 4) is 0 Å². The molecular weight excluding hydrogens is 680 g/mol. The first-order valence-electron chi connectivity index (χ1n) is 20.8. The number of carbonyl (C=O) groups is 3. The smallest absolute Gasteiger partial charge is 0.304 e. The van der Waals surface area contributed by atoms with Crippen molar-refractivity contribution in [2.24, 2.45) is 45.3 Å². The Morgan fingerprint density at radius 2 is 1.41 bits per heavy atom. The molecule has 54 heavy (non-hydrogen) atoms. The summed E-state index contributed by atoms with van der Waals surface area (Å²) < 4.78 is 29.9. The Morgan fingerprint density at radius 1 is 0.833 bits per heavy atom. The summed E-state index contributed by atoms with van der Waals surface area (Å²) in [6, 6.07) is 0. The second kappa shape index (κ2) is 16.8. The summed E-state index contributed by atoms with van der Waals surface area (Å²) in [5, 5.41) is 0. The number of esters is 3. The Labute approximate surface area is 325 Å². The normalized spacial score (nSPS) is 39.7. The van der Waals surface area contributed by atoms with Gasteiger partial charge >= 0.3 is 17.9 Å². The van der Waals surface area contributed by atoms with Crippen molar-refractivity contribution in [2.45, 2.75) is 164 Å². The lowest BCUT2D eigenvalue weighted by Crippen LogP contribution is -2.52. The van der Waals surface area contributed by atoms with Gasteiger partial charge in [0.1, 0.15) is 12.7 Å². The lowest BCUT2D eigenvalue weighted by atomic mass is 9.46. The van der Waals surface area contributed by atoms with Crippen molar-refractivity contribution >= 4 is 17.9 Å². The average Bonchev–Trinajstić information content (AvgIpc) is 3.47. The third-order valence-corrected chi connectivity index (χ3v) is 15.6. The summed E-state index contributed by atoms with van der Waals surface area (Å²) in [4.78, 5) is 36.8. The standard InChI is InChI=1S/C46H70O8/c1-29-14-12-16-39-43(29,8)22-18-31(3)45(39,10)24-20-36-26-41(53-35(7)49)54-42(36)50-25-21-37(28-51-33(5)47)38(52-34(6)48)27-46(11)32(4)19-23-44(9)30(2)15-13-17-40(44)46/h20-21,31-32,38-42H,1-2,12-19,22-28H2,3-11H3/b36-20-,37-21+/t31-,32-,38-,39+,40+,41?,42?,43+,44+,45+,46+/m1/s1. The summed E-state index contributed by atoms with van der Waals surface area (Å²) in [6.45, 7) is 27.7. The Hall–Kier alpha value is -2.71. The molecule has 2 unspecified atom stereocenters. The van der Waals surface area contributed by atoms with Crippen LogP contribution in [0.2, 0.25) is 0 Å². The lowest BCUT2D eigenvalue weighted by molar-refractivity contribution is -0.200. The highest BCUT2D eigenvalue weighted by Crippen LogP contribution is 2.64. The van der Waals surface area contributed by atoms with Crippen molar-refractivity contribution < 1.29 is 38.1 Å². The molecule has 0 aromatic carbocycles. The molecule has 0 spiro atoms. The van der Waals surface area contributed by atoms with E-state index in [0.29, 0.717) is 42.1 Å². The van der Waals surface area contributed by atoms with E-state index in [0.717, 1.165) is 50.5 Å². The van der Waals surface area contributed by atoms with Gasteiger partial charge in [-0.3, -0.25) is 14.4 Å². The topological polar surface area (TPSA) is 97.4 Å². The zero-order valence-electron chi connectivity index (χ0n) is 35.0. The second-order valence-electron chi connectivity index (χ2n) is 18.7. The summed E-state index contributed by atoms with van der Waals surface area (Å²) in [7, 11) is 0. The molecule has 1 saturated heterocycles. The van der Waals surface area contributed by atoms with Gasteiger partial charge in [0, 0.05) is 32.8 Å². The van der Waals surface area contributed by atoms with E-state index < -0.39 is 30.6 Å². The van der Waals surface area contributed by atoms with Crippen molar-refractivity contribution in [2.75, 3.05) is 13.2 Å². The molecule has 0 amide bonds. The first kappa shape index (κ1) is 42.4. The van der Waals surface area contributed by atoms with Crippen LogP contribution in [0, 0.1) is 45.3 Å². The number of carbonyl (C=O) groups excluding carboxylic acids is 3. The summed E-state index contributed by atoms with van der Waals surface area (Å²) in [6.07, 6.45) is 15.4. The fourth-order valence-electron chi connectivity index (χ4n) is 11.7. The third-order valence-electron chi connectivity index (χ3n) is 15.6. The van der Waals surface area contributed by atoms with Crippen molar-refractivity contribution in [1.29, 1.82) is 0 Å². The number of rotatable bonds is 12. The highest BCUT2D eigenvalue weighted by atomic mass is 16.8. The minimum Gasteiger partial charge on any atom is -0.461 e. The molecule has 1 heterocycles. The van der Waals surface area contributed by atoms with E-state index in [2.05, 4.69) is 60.8 Å². The Kier molecular flexibility index (Phi) is 13.2. The van der Waals surface area contributed by atoms with E-state index in [1.807, 2.05) is 6.08 Å². The van der Waals surface area contributed by atoms with E-state index in [4.69, 9.17) is 23.7 Å². The van der Waals surface area contributed by atoms with E-state index in [-0.39, 0.29) is 40.8 Å². The van der Waals surface area contributed by atoms with Crippen molar-refractivity contribution in [1.82, 2.24) is 0 Å². The minimum atomic E-state index is -0.736. The lowest BCUT2D eigenvalue weighted by Gasteiger charge is -2.59. The second-order valence-corrected chi connectivity index (χ2v) is 18.7. The molecule has 1 aliphatic heterocycles. The molecule has 4 aliphatic carbocycles. The number of allylic oxidation sites excluding steroid dienone is 3. The summed E-state index contributed by atoms with van der Waals surface area (Å²) in [5.41, 5.74) is 4.52. The van der Waals surface area contributed by atoms with Gasteiger partial charge in [-0.05, 0) is 128 Å². The highest BCUT2D eigenvalue weighted by Gasteiger charge is 2.56. The largest absolute Gasteiger partial charge is 0.461 e. The van der Waals surface area contributed by atoms with Gasteiger partial charge in [-0.1, -0.05) is 78.0 Å². The van der Waals surface area contributed by atoms with Crippen LogP contribution in [0.25, 0.3) is 0 Å². The molecule has 4 saturated carbocycles. The van der Waals surface area contributed by atoms with Crippen LogP contribution in [-0.2, 0) is 38.1 Å². The maximum absolute atomic E-state index is 12.7. The molecule has 5 rings (SSSR count). The molecule has 0 aromatic rings. The van der Waals surface area contributed by atoms with Gasteiger partial charge in [-0.2, -0.15) is 0 Å². The van der Waals surface area contributed by atoms with Gasteiger partial charge in [0.05, 0.1) is 6.61 Å². The first-order valence-corrected chi connectivity index (χ1v) is 20.8. The van der Waals surface area contributed by atoms with Crippen LogP contribution in [0.4, 0.5) is 0 Å². The van der Waals surface area contributed by atoms with E-state index in [1.54, 1.807) is 0 Å². The zero-order valence-corrected chi connectivity index (χ0v) is 35.0. The molecule has 5 aliphatic rings. The highest BCUT2D eigenvalue weighted by molar-refractivity contribution is 5.67. The number of hydrogen-bond acceptors (Lipinski definition) is 8. The monoisotopic (exact) mass is 751 g/mol. The van der Waals surface area contributed by atoms with Crippen LogP contribution in [0.1, 0.15) is 146 Å². The predicted octanol–water partition coefficient (Wildman–Crippen LogP) is 10.4. The van der Waals surface area contributed by atoms with Crippen LogP contribution in [0.5, 0.6) is 0 Å². The van der Waals surface area contributed by atoms with Crippen LogP contribution in [0.15, 0.2) is 47.6 Å². The molecule has 0 N–H and O–H groups in total. The summed E-state index contributed by atoms with van der Waals surface area (Å²) >= 11 is 0. The van der Waals surface area contributed by atoms with E-state index in [9.17, 15) is 14.4 Å². The molecule has 0 radical (unpaired) electrons. The molecule has 0 bridgehead atoms. The van der Waals surface area contributed by atoms with Crippen LogP contribution in [-0.4, -0.2) is 49.8 Å². The maximum Gasteiger partial charge on any atom is 0.304 e. The molecule has 5 fully saturated rings. The fraction of sp³-hybridized carbons (Fsp3) is 0.761. The Balaban J connectivity index is 1.40. The minimum absolute atomic E-state index is 0.0122. The van der Waals surface area contributed by atoms with Gasteiger partial charge in [-0.25, -0.2) is 0 Å². The molecule has 8 heteroatoms. The molecule has 302 valence electrons. The molecule has 8 nitrogen and oxygen atoms in total. The maximum atomic E-state index is 12.7. The van der Waals surface area contributed by atoms with Gasteiger partial charge in [-0.15, -0.1) is 0 Å². The quantitative estimate of drug-likeness (QED) is 0.110. The fourth-order valence-corrected chi connectivity index (χ4v) is 11.7. The van der Waals surface area contributed by atoms with Gasteiger partial charge < -0.3 is 23.7 Å². The van der Waals surface area contributed by atoms with E-state index >= 15 is 0 Å². The van der Waals surface area contributed by atoms with Gasteiger partial charge in [0.25, 0.3) is 0 Å². The SMILES string of the molecule is C=C1CCC[C@@H]2[C@@](C)(C/C=C3/CC(OC(C)=O)OC3OC/C=C(\COC(C)=O)[C@@H](C[C@@]3(C)[C@H](C)CC[C@@]4(C)C(=C)CCC[C@H]34)OC(C)=O)[C@H](C)CC[C@@]12C. The van der Waals surface area contributed by atoms with Crippen molar-refractivity contribution in [3.05, 3.63) is 47.6 Å². The zero-order chi connectivity index (χ0) is 39.6. The Bertz CT molecular complexity index is 1510. The third kappa shape index (κ3) is 8.65. The first-order chi connectivity index (χ1) is 25.3. The predicted molar refractivity (Wildman–Crippen MR) is 211 cm³/mol. The molecule has 0 aromatic heterocycles. The van der Waals surface area contributed by atoms with Crippen LogP contribution < -0.4 is 0 Å².